The summed E-state index contributed by atoms with van der Waals surface area (Å²) < 4.78 is 18.4. The molecule has 0 saturated carbocycles. The van der Waals surface area contributed by atoms with E-state index < -0.39 is 5.91 Å². The lowest BCUT2D eigenvalue weighted by Crippen LogP contribution is -2.11. The van der Waals surface area contributed by atoms with Crippen LogP contribution in [0.2, 0.25) is 5.02 Å². The normalized spacial score (nSPS) is 10.5. The minimum absolute atomic E-state index is 0.137. The van der Waals surface area contributed by atoms with E-state index >= 15 is 0 Å². The molecule has 116 valence electrons. The van der Waals surface area contributed by atoms with Gasteiger partial charge in [0, 0.05) is 11.3 Å². The molecule has 2 aromatic carbocycles. The molecule has 3 N–H and O–H groups in total. The third kappa shape index (κ3) is 3.35. The van der Waals surface area contributed by atoms with Gasteiger partial charge in [-0.1, -0.05) is 11.6 Å². The van der Waals surface area contributed by atoms with Crippen LogP contribution < -0.4 is 11.1 Å². The van der Waals surface area contributed by atoms with Gasteiger partial charge in [-0.25, -0.2) is 4.39 Å². The first-order valence-electron chi connectivity index (χ1n) is 6.75. The molecule has 0 aliphatic rings. The molecule has 0 spiro atoms. The maximum atomic E-state index is 12.9. The molecule has 0 unspecified atom stereocenters. The van der Waals surface area contributed by atoms with E-state index in [9.17, 15) is 9.18 Å². The van der Waals surface area contributed by atoms with E-state index in [0.717, 1.165) is 0 Å². The number of nitrogens with one attached hydrogen (secondary N) is 1. The number of halogens is 2. The summed E-state index contributed by atoms with van der Waals surface area (Å²) in [6.45, 7) is 0. The van der Waals surface area contributed by atoms with E-state index in [1.165, 1.54) is 12.1 Å². The van der Waals surface area contributed by atoms with Crippen LogP contribution in [0.3, 0.4) is 0 Å². The van der Waals surface area contributed by atoms with E-state index in [1.807, 2.05) is 0 Å². The quantitative estimate of drug-likeness (QED) is 0.691. The van der Waals surface area contributed by atoms with Crippen LogP contribution in [0.4, 0.5) is 15.8 Å². The van der Waals surface area contributed by atoms with E-state index in [-0.39, 0.29) is 11.6 Å². The van der Waals surface area contributed by atoms with Gasteiger partial charge in [0.25, 0.3) is 5.91 Å². The highest BCUT2D eigenvalue weighted by molar-refractivity contribution is 6.33. The molecule has 0 radical (unpaired) electrons. The lowest BCUT2D eigenvalue weighted by atomic mass is 10.2. The van der Waals surface area contributed by atoms with Gasteiger partial charge in [0.05, 0.1) is 10.7 Å². The summed E-state index contributed by atoms with van der Waals surface area (Å²) in [5.74, 6) is -0.137. The predicted octanol–water partition coefficient (Wildman–Crippen LogP) is 4.57. The molecule has 0 aliphatic carbocycles. The van der Waals surface area contributed by atoms with E-state index in [4.69, 9.17) is 21.8 Å². The van der Waals surface area contributed by atoms with E-state index in [0.29, 0.717) is 27.7 Å². The summed E-state index contributed by atoms with van der Waals surface area (Å²) in [6.07, 6.45) is 0. The summed E-state index contributed by atoms with van der Waals surface area (Å²) in [4.78, 5) is 12.2. The smallest absolute Gasteiger partial charge is 0.291 e. The average molecular weight is 331 g/mol. The van der Waals surface area contributed by atoms with Crippen LogP contribution in [0.1, 0.15) is 10.6 Å². The standard InChI is InChI=1S/C17H12ClFN2O2/c18-13-6-5-12(9-14(13)20)21-17(22)16-8-7-15(23-16)10-1-3-11(19)4-2-10/h1-9H,20H2,(H,21,22). The number of nitrogens with two attached hydrogens (primary N) is 1. The fraction of sp³-hybridized carbons (Fsp3) is 0. The van der Waals surface area contributed by atoms with Gasteiger partial charge in [-0.2, -0.15) is 0 Å². The Morgan fingerprint density at radius 2 is 1.83 bits per heavy atom. The third-order valence-electron chi connectivity index (χ3n) is 3.21. The molecule has 4 nitrogen and oxygen atoms in total. The zero-order valence-corrected chi connectivity index (χ0v) is 12.6. The molecule has 0 fully saturated rings. The molecule has 1 heterocycles. The second-order valence-electron chi connectivity index (χ2n) is 4.86. The Labute approximate surface area is 136 Å². The minimum Gasteiger partial charge on any atom is -0.451 e. The van der Waals surface area contributed by atoms with Crippen molar-refractivity contribution in [2.75, 3.05) is 11.1 Å². The maximum Gasteiger partial charge on any atom is 0.291 e. The SMILES string of the molecule is Nc1cc(NC(=O)c2ccc(-c3ccc(F)cc3)o2)ccc1Cl. The first kappa shape index (κ1) is 15.1. The second-order valence-corrected chi connectivity index (χ2v) is 5.27. The number of rotatable bonds is 3. The molecule has 0 atom stereocenters. The van der Waals surface area contributed by atoms with Gasteiger partial charge in [0.15, 0.2) is 5.76 Å². The maximum absolute atomic E-state index is 12.9. The molecule has 0 bridgehead atoms. The number of carbonyl (C=O) groups excluding carboxylic acids is 1. The Bertz CT molecular complexity index is 859. The highest BCUT2D eigenvalue weighted by Crippen LogP contribution is 2.25. The Morgan fingerprint density at radius 3 is 2.52 bits per heavy atom. The number of furan rings is 1. The molecule has 23 heavy (non-hydrogen) atoms. The van der Waals surface area contributed by atoms with Crippen molar-refractivity contribution < 1.29 is 13.6 Å². The Morgan fingerprint density at radius 1 is 1.09 bits per heavy atom. The summed E-state index contributed by atoms with van der Waals surface area (Å²) in [6, 6.07) is 13.8. The summed E-state index contributed by atoms with van der Waals surface area (Å²) in [5.41, 5.74) is 7.25. The molecule has 3 aromatic rings. The Hall–Kier alpha value is -2.79. The minimum atomic E-state index is -0.417. The largest absolute Gasteiger partial charge is 0.451 e. The predicted molar refractivity (Wildman–Crippen MR) is 87.9 cm³/mol. The topological polar surface area (TPSA) is 68.3 Å². The van der Waals surface area contributed by atoms with Crippen LogP contribution in [0.25, 0.3) is 11.3 Å². The van der Waals surface area contributed by atoms with E-state index in [2.05, 4.69) is 5.32 Å². The number of anilines is 2. The van der Waals surface area contributed by atoms with Crippen LogP contribution in [0.15, 0.2) is 59.0 Å². The molecule has 1 aromatic heterocycles. The van der Waals surface area contributed by atoms with Crippen molar-refractivity contribution >= 4 is 28.9 Å². The number of benzene rings is 2. The highest BCUT2D eigenvalue weighted by Gasteiger charge is 2.13. The summed E-state index contributed by atoms with van der Waals surface area (Å²) in [7, 11) is 0. The van der Waals surface area contributed by atoms with Gasteiger partial charge in [0.2, 0.25) is 0 Å². The number of carbonyl (C=O) groups is 1. The van der Waals surface area contributed by atoms with Crippen molar-refractivity contribution in [1.82, 2.24) is 0 Å². The summed E-state index contributed by atoms with van der Waals surface area (Å²) >= 11 is 5.83. The summed E-state index contributed by atoms with van der Waals surface area (Å²) in [5, 5.41) is 3.09. The van der Waals surface area contributed by atoms with Crippen molar-refractivity contribution in [3.8, 4) is 11.3 Å². The fourth-order valence-electron chi connectivity index (χ4n) is 2.04. The van der Waals surface area contributed by atoms with Crippen molar-refractivity contribution in [3.63, 3.8) is 0 Å². The molecule has 1 amide bonds. The van der Waals surface area contributed by atoms with Crippen molar-refractivity contribution in [2.24, 2.45) is 0 Å². The number of amides is 1. The molecule has 0 saturated heterocycles. The van der Waals surface area contributed by atoms with Crippen molar-refractivity contribution in [3.05, 3.63) is 71.2 Å². The lowest BCUT2D eigenvalue weighted by Gasteiger charge is -2.05. The monoisotopic (exact) mass is 330 g/mol. The molecular formula is C17H12ClFN2O2. The molecular weight excluding hydrogens is 319 g/mol. The molecule has 3 rings (SSSR count). The van der Waals surface area contributed by atoms with Crippen LogP contribution >= 0.6 is 11.6 Å². The van der Waals surface area contributed by atoms with Gasteiger partial charge >= 0.3 is 0 Å². The van der Waals surface area contributed by atoms with Gasteiger partial charge in [-0.15, -0.1) is 0 Å². The van der Waals surface area contributed by atoms with Gasteiger partial charge in [0.1, 0.15) is 11.6 Å². The zero-order valence-electron chi connectivity index (χ0n) is 11.8. The van der Waals surface area contributed by atoms with Gasteiger partial charge in [-0.05, 0) is 54.6 Å². The van der Waals surface area contributed by atoms with Crippen LogP contribution in [-0.4, -0.2) is 5.91 Å². The average Bonchev–Trinajstić information content (AvgIpc) is 3.02. The third-order valence-corrected chi connectivity index (χ3v) is 3.56. The van der Waals surface area contributed by atoms with Crippen LogP contribution in [0.5, 0.6) is 0 Å². The number of nitrogen functional groups attached to an aromatic ring is 1. The fourth-order valence-corrected chi connectivity index (χ4v) is 2.16. The lowest BCUT2D eigenvalue weighted by molar-refractivity contribution is 0.0997. The first-order valence-corrected chi connectivity index (χ1v) is 7.13. The van der Waals surface area contributed by atoms with Crippen molar-refractivity contribution in [2.45, 2.75) is 0 Å². The number of hydrogen-bond donors (Lipinski definition) is 2. The molecule has 0 aliphatic heterocycles. The van der Waals surface area contributed by atoms with Crippen molar-refractivity contribution in [1.29, 1.82) is 0 Å². The van der Waals surface area contributed by atoms with Gasteiger partial charge in [-0.3, -0.25) is 4.79 Å². The number of hydrogen-bond acceptors (Lipinski definition) is 3. The Kier molecular flexibility index (Phi) is 4.04. The highest BCUT2D eigenvalue weighted by atomic mass is 35.5. The zero-order chi connectivity index (χ0) is 16.4. The second kappa shape index (κ2) is 6.14. The van der Waals surface area contributed by atoms with E-state index in [1.54, 1.807) is 42.5 Å². The van der Waals surface area contributed by atoms with Gasteiger partial charge < -0.3 is 15.5 Å². The first-order chi connectivity index (χ1) is 11.0. The Balaban J connectivity index is 1.78. The van der Waals surface area contributed by atoms with Crippen LogP contribution in [0, 0.1) is 5.82 Å². The van der Waals surface area contributed by atoms with Crippen LogP contribution in [-0.2, 0) is 0 Å². The molecule has 6 heteroatoms.